The highest BCUT2D eigenvalue weighted by Gasteiger charge is 2.27. The summed E-state index contributed by atoms with van der Waals surface area (Å²) in [5, 5.41) is -0.573. The highest BCUT2D eigenvalue weighted by Crippen LogP contribution is 2.24. The molecule has 0 aliphatic rings. The standard InChI is InChI=1S/C7H4Cl2F3N/c8-5-1-4(2-6(9)13-5)3-7(10,11)12/h1-2H,3H2/i3D2. The van der Waals surface area contributed by atoms with Gasteiger partial charge in [0.2, 0.25) is 0 Å². The second-order valence-corrected chi connectivity index (χ2v) is 2.90. The number of hydrogen-bond donors (Lipinski definition) is 0. The van der Waals surface area contributed by atoms with Crippen LogP contribution in [0.4, 0.5) is 13.2 Å². The van der Waals surface area contributed by atoms with Crippen molar-refractivity contribution in [2.75, 3.05) is 0 Å². The Kier molecular flexibility index (Phi) is 2.25. The van der Waals surface area contributed by atoms with Crippen LogP contribution >= 0.6 is 23.2 Å². The SMILES string of the molecule is [2H]C([2H])(c1cc(Cl)nc(Cl)c1)C(F)(F)F. The minimum atomic E-state index is -5.03. The first kappa shape index (κ1) is 7.88. The van der Waals surface area contributed by atoms with E-state index in [-0.39, 0.29) is 10.3 Å². The van der Waals surface area contributed by atoms with Crippen molar-refractivity contribution >= 4 is 23.2 Å². The first-order valence-corrected chi connectivity index (χ1v) is 3.80. The molecule has 0 aromatic carbocycles. The number of aromatic nitrogens is 1. The van der Waals surface area contributed by atoms with Gasteiger partial charge in [-0.3, -0.25) is 0 Å². The summed E-state index contributed by atoms with van der Waals surface area (Å²) in [6.45, 7) is 0. The molecule has 72 valence electrons. The Labute approximate surface area is 85.3 Å². The van der Waals surface area contributed by atoms with Crippen LogP contribution in [-0.2, 0) is 6.37 Å². The molecule has 1 aromatic heterocycles. The average molecular weight is 232 g/mol. The zero-order chi connectivity index (χ0) is 11.9. The quantitative estimate of drug-likeness (QED) is 0.675. The fourth-order valence-corrected chi connectivity index (χ4v) is 1.16. The van der Waals surface area contributed by atoms with Gasteiger partial charge in [0.1, 0.15) is 10.3 Å². The van der Waals surface area contributed by atoms with Crippen LogP contribution in [0.25, 0.3) is 0 Å². The molecule has 13 heavy (non-hydrogen) atoms. The number of rotatable bonds is 1. The van der Waals surface area contributed by atoms with E-state index in [4.69, 9.17) is 25.9 Å². The van der Waals surface area contributed by atoms with E-state index in [9.17, 15) is 13.2 Å². The molecule has 0 bridgehead atoms. The van der Waals surface area contributed by atoms with Gasteiger partial charge in [0.15, 0.2) is 0 Å². The van der Waals surface area contributed by atoms with Crippen molar-refractivity contribution in [3.8, 4) is 0 Å². The molecule has 0 N–H and O–H groups in total. The predicted octanol–water partition coefficient (Wildman–Crippen LogP) is 3.49. The molecule has 0 saturated carbocycles. The smallest absolute Gasteiger partial charge is 0.224 e. The molecule has 0 unspecified atom stereocenters. The molecule has 0 fully saturated rings. The van der Waals surface area contributed by atoms with Crippen LogP contribution in [-0.4, -0.2) is 11.2 Å². The third kappa shape index (κ3) is 3.83. The van der Waals surface area contributed by atoms with E-state index in [1.807, 2.05) is 0 Å². The van der Waals surface area contributed by atoms with Crippen LogP contribution in [0, 0.1) is 0 Å². The largest absolute Gasteiger partial charge is 0.393 e. The number of alkyl halides is 3. The van der Waals surface area contributed by atoms with Crippen LogP contribution in [0.5, 0.6) is 0 Å². The number of halogens is 5. The van der Waals surface area contributed by atoms with E-state index in [1.165, 1.54) is 0 Å². The van der Waals surface area contributed by atoms with Gasteiger partial charge in [0.05, 0.1) is 6.37 Å². The van der Waals surface area contributed by atoms with Gasteiger partial charge in [-0.2, -0.15) is 13.2 Å². The van der Waals surface area contributed by atoms with Crippen molar-refractivity contribution in [2.24, 2.45) is 0 Å². The monoisotopic (exact) mass is 231 g/mol. The molecule has 0 atom stereocenters. The number of pyridine rings is 1. The fourth-order valence-electron chi connectivity index (χ4n) is 0.701. The summed E-state index contributed by atoms with van der Waals surface area (Å²) >= 11 is 10.8. The Balaban J connectivity index is 3.27. The molecule has 1 rings (SSSR count). The van der Waals surface area contributed by atoms with Gasteiger partial charge in [0.25, 0.3) is 0 Å². The minimum absolute atomic E-state index is 0.286. The summed E-state index contributed by atoms with van der Waals surface area (Å²) < 4.78 is 50.7. The van der Waals surface area contributed by atoms with Crippen LogP contribution in [0.15, 0.2) is 12.1 Å². The summed E-state index contributed by atoms with van der Waals surface area (Å²) in [6.07, 6.45) is -8.52. The summed E-state index contributed by atoms with van der Waals surface area (Å²) in [6, 6.07) is 1.59. The van der Waals surface area contributed by atoms with Gasteiger partial charge >= 0.3 is 6.18 Å². The van der Waals surface area contributed by atoms with Gasteiger partial charge in [-0.25, -0.2) is 4.98 Å². The van der Waals surface area contributed by atoms with E-state index in [0.29, 0.717) is 0 Å². The molecule has 0 amide bonds. The zero-order valence-corrected chi connectivity index (χ0v) is 7.50. The third-order valence-electron chi connectivity index (χ3n) is 1.05. The van der Waals surface area contributed by atoms with Gasteiger partial charge in [-0.15, -0.1) is 0 Å². The average Bonchev–Trinajstić information content (AvgIpc) is 1.99. The molecule has 0 spiro atoms. The van der Waals surface area contributed by atoms with Crippen molar-refractivity contribution in [1.82, 2.24) is 4.98 Å². The molecule has 1 heterocycles. The third-order valence-corrected chi connectivity index (χ3v) is 1.44. The molecule has 0 radical (unpaired) electrons. The highest BCUT2D eigenvalue weighted by molar-refractivity contribution is 6.32. The first-order valence-electron chi connectivity index (χ1n) is 4.05. The van der Waals surface area contributed by atoms with Crippen LogP contribution < -0.4 is 0 Å². The normalized spacial score (nSPS) is 15.2. The zero-order valence-electron chi connectivity index (χ0n) is 7.99. The Bertz CT molecular complexity index is 361. The van der Waals surface area contributed by atoms with Crippen molar-refractivity contribution in [3.63, 3.8) is 0 Å². The fraction of sp³-hybridized carbons (Fsp3) is 0.286. The lowest BCUT2D eigenvalue weighted by atomic mass is 10.2. The molecule has 0 aliphatic carbocycles. The molecule has 0 saturated heterocycles. The van der Waals surface area contributed by atoms with E-state index in [1.54, 1.807) is 0 Å². The second kappa shape index (κ2) is 3.72. The summed E-state index contributed by atoms with van der Waals surface area (Å²) in [5.74, 6) is 0. The van der Waals surface area contributed by atoms with E-state index < -0.39 is 18.1 Å². The molecule has 1 aromatic rings. The Hall–Kier alpha value is -0.480. The molecule has 1 nitrogen and oxygen atoms in total. The molecular formula is C7H4Cl2F3N. The van der Waals surface area contributed by atoms with Crippen LogP contribution in [0.3, 0.4) is 0 Å². The van der Waals surface area contributed by atoms with Crippen LogP contribution in [0.1, 0.15) is 8.30 Å². The molecule has 0 aliphatic heterocycles. The maximum atomic E-state index is 12.3. The Morgan fingerprint density at radius 2 is 1.77 bits per heavy atom. The van der Waals surface area contributed by atoms with Gasteiger partial charge in [-0.05, 0) is 17.7 Å². The summed E-state index contributed by atoms with van der Waals surface area (Å²) in [4.78, 5) is 3.43. The highest BCUT2D eigenvalue weighted by atomic mass is 35.5. The van der Waals surface area contributed by atoms with Crippen molar-refractivity contribution in [2.45, 2.75) is 12.5 Å². The van der Waals surface area contributed by atoms with E-state index >= 15 is 0 Å². The first-order chi connectivity index (χ1) is 6.64. The Morgan fingerprint density at radius 3 is 2.15 bits per heavy atom. The van der Waals surface area contributed by atoms with Gasteiger partial charge in [0, 0.05) is 2.74 Å². The Morgan fingerprint density at radius 1 is 1.31 bits per heavy atom. The van der Waals surface area contributed by atoms with Gasteiger partial charge < -0.3 is 0 Å². The van der Waals surface area contributed by atoms with Crippen LogP contribution in [0.2, 0.25) is 10.3 Å². The van der Waals surface area contributed by atoms with E-state index in [0.717, 1.165) is 12.1 Å². The predicted molar refractivity (Wildman–Crippen MR) is 44.0 cm³/mol. The second-order valence-electron chi connectivity index (χ2n) is 2.12. The maximum Gasteiger partial charge on any atom is 0.393 e. The summed E-state index contributed by atoms with van der Waals surface area (Å²) in [5.41, 5.74) is -0.667. The van der Waals surface area contributed by atoms with E-state index in [2.05, 4.69) is 4.98 Å². The van der Waals surface area contributed by atoms with Gasteiger partial charge in [-0.1, -0.05) is 23.2 Å². The topological polar surface area (TPSA) is 12.9 Å². The van der Waals surface area contributed by atoms with Crippen molar-refractivity contribution in [3.05, 3.63) is 28.0 Å². The molecule has 6 heteroatoms. The van der Waals surface area contributed by atoms with Crippen molar-refractivity contribution < 1.29 is 15.9 Å². The maximum absolute atomic E-state index is 12.3. The number of nitrogens with zero attached hydrogens (tertiary/aromatic N) is 1. The summed E-state index contributed by atoms with van der Waals surface area (Å²) in [7, 11) is 0. The lowest BCUT2D eigenvalue weighted by Gasteiger charge is -2.06. The lowest BCUT2D eigenvalue weighted by Crippen LogP contribution is -2.11. The number of hydrogen-bond acceptors (Lipinski definition) is 1. The lowest BCUT2D eigenvalue weighted by molar-refractivity contribution is -0.127. The molecular weight excluding hydrogens is 226 g/mol. The minimum Gasteiger partial charge on any atom is -0.224 e. The van der Waals surface area contributed by atoms with Crippen molar-refractivity contribution in [1.29, 1.82) is 0 Å².